The minimum Gasteiger partial charge on any atom is -0.465 e. The molecule has 0 aliphatic rings. The number of rotatable bonds is 7. The highest BCUT2D eigenvalue weighted by Crippen LogP contribution is 2.00. The molecule has 2 N–H and O–H groups in total. The van der Waals surface area contributed by atoms with Crippen molar-refractivity contribution in [3.63, 3.8) is 0 Å². The predicted octanol–water partition coefficient (Wildman–Crippen LogP) is 1.85. The van der Waals surface area contributed by atoms with Crippen molar-refractivity contribution >= 4 is 5.97 Å². The van der Waals surface area contributed by atoms with Gasteiger partial charge in [-0.1, -0.05) is 33.1 Å². The average molecular weight is 187 g/mol. The Bertz CT molecular complexity index is 137. The van der Waals surface area contributed by atoms with E-state index < -0.39 is 6.04 Å². The van der Waals surface area contributed by atoms with Crippen LogP contribution in [0.15, 0.2) is 0 Å². The summed E-state index contributed by atoms with van der Waals surface area (Å²) in [5.41, 5.74) is 5.48. The fourth-order valence-corrected chi connectivity index (χ4v) is 0.975. The molecular formula is C10H21NO2. The van der Waals surface area contributed by atoms with Gasteiger partial charge in [0.05, 0.1) is 6.61 Å². The van der Waals surface area contributed by atoms with Gasteiger partial charge in [-0.2, -0.15) is 0 Å². The molecule has 0 aromatic rings. The largest absolute Gasteiger partial charge is 0.465 e. The minimum atomic E-state index is -0.439. The third-order valence-electron chi connectivity index (χ3n) is 1.98. The molecule has 0 aliphatic carbocycles. The summed E-state index contributed by atoms with van der Waals surface area (Å²) in [5, 5.41) is 0. The van der Waals surface area contributed by atoms with Crippen LogP contribution in [0.2, 0.25) is 0 Å². The molecule has 0 bridgehead atoms. The predicted molar refractivity (Wildman–Crippen MR) is 53.4 cm³/mol. The number of hydrogen-bond donors (Lipinski definition) is 1. The van der Waals surface area contributed by atoms with Crippen LogP contribution in [0.4, 0.5) is 0 Å². The maximum Gasteiger partial charge on any atom is 0.322 e. The average Bonchev–Trinajstić information content (AvgIpc) is 2.16. The van der Waals surface area contributed by atoms with E-state index in [-0.39, 0.29) is 5.97 Å². The maximum absolute atomic E-state index is 11.1. The van der Waals surface area contributed by atoms with E-state index in [0.29, 0.717) is 13.0 Å². The van der Waals surface area contributed by atoms with Crippen molar-refractivity contribution in [2.45, 2.75) is 52.0 Å². The smallest absolute Gasteiger partial charge is 0.322 e. The summed E-state index contributed by atoms with van der Waals surface area (Å²) in [6.45, 7) is 4.55. The fourth-order valence-electron chi connectivity index (χ4n) is 0.975. The zero-order chi connectivity index (χ0) is 10.1. The maximum atomic E-state index is 11.1. The minimum absolute atomic E-state index is 0.265. The van der Waals surface area contributed by atoms with E-state index >= 15 is 0 Å². The van der Waals surface area contributed by atoms with E-state index in [1.54, 1.807) is 0 Å². The quantitative estimate of drug-likeness (QED) is 0.489. The summed E-state index contributed by atoms with van der Waals surface area (Å²) >= 11 is 0. The molecule has 0 rings (SSSR count). The lowest BCUT2D eigenvalue weighted by atomic mass is 10.2. The molecule has 0 aromatic carbocycles. The van der Waals surface area contributed by atoms with Gasteiger partial charge in [-0.15, -0.1) is 0 Å². The molecule has 0 fully saturated rings. The number of ether oxygens (including phenoxy) is 1. The van der Waals surface area contributed by atoms with E-state index in [9.17, 15) is 4.79 Å². The number of unbranched alkanes of at least 4 members (excludes halogenated alkanes) is 3. The Labute approximate surface area is 80.6 Å². The Morgan fingerprint density at radius 3 is 2.54 bits per heavy atom. The summed E-state index contributed by atoms with van der Waals surface area (Å²) in [7, 11) is 0. The van der Waals surface area contributed by atoms with Gasteiger partial charge in [0.15, 0.2) is 0 Å². The number of nitrogens with two attached hydrogens (primary N) is 1. The molecule has 0 amide bonds. The lowest BCUT2D eigenvalue weighted by Crippen LogP contribution is -2.31. The Balaban J connectivity index is 3.27. The van der Waals surface area contributed by atoms with Gasteiger partial charge in [0.2, 0.25) is 0 Å². The molecule has 0 aliphatic heterocycles. The molecule has 1 atom stereocenters. The van der Waals surface area contributed by atoms with Crippen molar-refractivity contribution in [2.75, 3.05) is 6.61 Å². The molecule has 3 heteroatoms. The first-order chi connectivity index (χ1) is 6.22. The zero-order valence-corrected chi connectivity index (χ0v) is 8.71. The van der Waals surface area contributed by atoms with Crippen LogP contribution in [0.3, 0.4) is 0 Å². The van der Waals surface area contributed by atoms with E-state index in [1.807, 2.05) is 6.92 Å². The van der Waals surface area contributed by atoms with Crippen LogP contribution < -0.4 is 5.73 Å². The van der Waals surface area contributed by atoms with E-state index in [1.165, 1.54) is 12.8 Å². The van der Waals surface area contributed by atoms with E-state index in [0.717, 1.165) is 12.8 Å². The number of esters is 1. The van der Waals surface area contributed by atoms with Crippen molar-refractivity contribution in [1.82, 2.24) is 0 Å². The zero-order valence-electron chi connectivity index (χ0n) is 8.71. The summed E-state index contributed by atoms with van der Waals surface area (Å²) in [6, 6.07) is -0.439. The van der Waals surface area contributed by atoms with Crippen molar-refractivity contribution < 1.29 is 9.53 Å². The standard InChI is InChI=1S/C10H21NO2/c1-3-5-6-7-8-13-10(12)9(11)4-2/h9H,3-8,11H2,1-2H3. The molecule has 3 nitrogen and oxygen atoms in total. The molecule has 0 radical (unpaired) electrons. The van der Waals surface area contributed by atoms with Gasteiger partial charge < -0.3 is 10.5 Å². The first kappa shape index (κ1) is 12.4. The molecular weight excluding hydrogens is 166 g/mol. The van der Waals surface area contributed by atoms with Crippen LogP contribution in [-0.4, -0.2) is 18.6 Å². The summed E-state index contributed by atoms with van der Waals surface area (Å²) in [4.78, 5) is 11.1. The van der Waals surface area contributed by atoms with Crippen molar-refractivity contribution in [3.8, 4) is 0 Å². The number of carbonyl (C=O) groups excluding carboxylic acids is 1. The molecule has 1 unspecified atom stereocenters. The van der Waals surface area contributed by atoms with Crippen LogP contribution in [0, 0.1) is 0 Å². The Morgan fingerprint density at radius 2 is 2.00 bits per heavy atom. The van der Waals surface area contributed by atoms with E-state index in [4.69, 9.17) is 10.5 Å². The normalized spacial score (nSPS) is 12.5. The highest BCUT2D eigenvalue weighted by atomic mass is 16.5. The van der Waals surface area contributed by atoms with Crippen LogP contribution in [0.25, 0.3) is 0 Å². The van der Waals surface area contributed by atoms with Gasteiger partial charge in [-0.05, 0) is 12.8 Å². The molecule has 0 aromatic heterocycles. The Hall–Kier alpha value is -0.570. The van der Waals surface area contributed by atoms with Crippen LogP contribution in [-0.2, 0) is 9.53 Å². The first-order valence-corrected chi connectivity index (χ1v) is 5.14. The number of hydrogen-bond acceptors (Lipinski definition) is 3. The topological polar surface area (TPSA) is 52.3 Å². The fraction of sp³-hybridized carbons (Fsp3) is 0.900. The third-order valence-corrected chi connectivity index (χ3v) is 1.98. The summed E-state index contributed by atoms with van der Waals surface area (Å²) in [6.07, 6.45) is 5.13. The highest BCUT2D eigenvalue weighted by molar-refractivity contribution is 5.75. The lowest BCUT2D eigenvalue weighted by Gasteiger charge is -2.08. The molecule has 0 saturated carbocycles. The van der Waals surface area contributed by atoms with Gasteiger partial charge in [0.1, 0.15) is 6.04 Å². The molecule has 0 saturated heterocycles. The molecule has 78 valence electrons. The first-order valence-electron chi connectivity index (χ1n) is 5.14. The number of carbonyl (C=O) groups is 1. The molecule has 0 heterocycles. The van der Waals surface area contributed by atoms with Gasteiger partial charge in [-0.3, -0.25) is 4.79 Å². The van der Waals surface area contributed by atoms with Gasteiger partial charge in [0.25, 0.3) is 0 Å². The van der Waals surface area contributed by atoms with Crippen molar-refractivity contribution in [2.24, 2.45) is 5.73 Å². The summed E-state index contributed by atoms with van der Waals surface area (Å²) < 4.78 is 4.98. The highest BCUT2D eigenvalue weighted by Gasteiger charge is 2.11. The van der Waals surface area contributed by atoms with Crippen molar-refractivity contribution in [1.29, 1.82) is 0 Å². The molecule has 0 spiro atoms. The second-order valence-corrected chi connectivity index (χ2v) is 3.24. The van der Waals surface area contributed by atoms with Crippen LogP contribution in [0.1, 0.15) is 46.0 Å². The molecule has 13 heavy (non-hydrogen) atoms. The van der Waals surface area contributed by atoms with E-state index in [2.05, 4.69) is 6.92 Å². The van der Waals surface area contributed by atoms with Crippen LogP contribution in [0.5, 0.6) is 0 Å². The lowest BCUT2D eigenvalue weighted by molar-refractivity contribution is -0.145. The third kappa shape index (κ3) is 6.58. The Kier molecular flexibility index (Phi) is 7.69. The SMILES string of the molecule is CCCCCCOC(=O)C(N)CC. The van der Waals surface area contributed by atoms with Crippen molar-refractivity contribution in [3.05, 3.63) is 0 Å². The Morgan fingerprint density at radius 1 is 1.31 bits per heavy atom. The summed E-state index contributed by atoms with van der Waals surface area (Å²) in [5.74, 6) is -0.265. The van der Waals surface area contributed by atoms with Gasteiger partial charge in [0, 0.05) is 0 Å². The van der Waals surface area contributed by atoms with Gasteiger partial charge in [-0.25, -0.2) is 0 Å². The van der Waals surface area contributed by atoms with Gasteiger partial charge >= 0.3 is 5.97 Å². The second-order valence-electron chi connectivity index (χ2n) is 3.24. The second kappa shape index (κ2) is 8.05. The monoisotopic (exact) mass is 187 g/mol. The van der Waals surface area contributed by atoms with Crippen LogP contribution >= 0.6 is 0 Å².